The fourth-order valence-electron chi connectivity index (χ4n) is 3.00. The Bertz CT molecular complexity index is 1080. The first-order valence-corrected chi connectivity index (χ1v) is 9.42. The smallest absolute Gasteiger partial charge is 0.251 e. The Morgan fingerprint density at radius 1 is 0.897 bits per heavy atom. The van der Waals surface area contributed by atoms with Gasteiger partial charge in [-0.2, -0.15) is 5.10 Å². The SMILES string of the molecule is O=C(NCc1cnn(-c2ccccc2)c1)c1ccccc1COc1ccccc1. The van der Waals surface area contributed by atoms with E-state index in [4.69, 9.17) is 4.74 Å². The third-order valence-corrected chi connectivity index (χ3v) is 4.51. The number of nitrogens with one attached hydrogen (secondary N) is 1. The average Bonchev–Trinajstić information content (AvgIpc) is 3.27. The van der Waals surface area contributed by atoms with E-state index in [2.05, 4.69) is 10.4 Å². The highest BCUT2D eigenvalue weighted by Gasteiger charge is 2.12. The Hall–Kier alpha value is -3.86. The molecule has 0 aliphatic heterocycles. The van der Waals surface area contributed by atoms with Crippen LogP contribution in [0, 0.1) is 0 Å². The second-order valence-corrected chi connectivity index (χ2v) is 6.57. The van der Waals surface area contributed by atoms with Crippen LogP contribution in [0.5, 0.6) is 5.75 Å². The first-order chi connectivity index (χ1) is 14.3. The lowest BCUT2D eigenvalue weighted by molar-refractivity contribution is 0.0948. The van der Waals surface area contributed by atoms with Crippen molar-refractivity contribution >= 4 is 5.91 Å². The molecule has 0 unspecified atom stereocenters. The summed E-state index contributed by atoms with van der Waals surface area (Å²) in [5, 5.41) is 7.33. The number of para-hydroxylation sites is 2. The molecule has 29 heavy (non-hydrogen) atoms. The van der Waals surface area contributed by atoms with Crippen LogP contribution in [0.15, 0.2) is 97.3 Å². The summed E-state index contributed by atoms with van der Waals surface area (Å²) in [6, 6.07) is 26.9. The number of amides is 1. The highest BCUT2D eigenvalue weighted by Crippen LogP contribution is 2.15. The molecule has 1 aromatic heterocycles. The van der Waals surface area contributed by atoms with Crippen LogP contribution >= 0.6 is 0 Å². The number of benzene rings is 3. The first-order valence-electron chi connectivity index (χ1n) is 9.42. The van der Waals surface area contributed by atoms with Crippen LogP contribution in [0.25, 0.3) is 5.69 Å². The molecule has 4 aromatic rings. The molecule has 0 bridgehead atoms. The molecule has 0 aliphatic rings. The van der Waals surface area contributed by atoms with Crippen molar-refractivity contribution in [3.63, 3.8) is 0 Å². The Labute approximate surface area is 169 Å². The molecule has 1 N–H and O–H groups in total. The number of nitrogens with zero attached hydrogens (tertiary/aromatic N) is 2. The van der Waals surface area contributed by atoms with Gasteiger partial charge >= 0.3 is 0 Å². The van der Waals surface area contributed by atoms with Gasteiger partial charge in [-0.3, -0.25) is 4.79 Å². The molecule has 0 saturated carbocycles. The quantitative estimate of drug-likeness (QED) is 0.515. The van der Waals surface area contributed by atoms with Crippen molar-refractivity contribution in [2.24, 2.45) is 0 Å². The van der Waals surface area contributed by atoms with Gasteiger partial charge in [0.15, 0.2) is 0 Å². The summed E-state index contributed by atoms with van der Waals surface area (Å²) in [5.41, 5.74) is 3.36. The molecule has 0 radical (unpaired) electrons. The molecule has 5 nitrogen and oxygen atoms in total. The lowest BCUT2D eigenvalue weighted by Crippen LogP contribution is -2.24. The van der Waals surface area contributed by atoms with E-state index in [1.54, 1.807) is 10.9 Å². The zero-order valence-corrected chi connectivity index (χ0v) is 15.9. The molecule has 144 valence electrons. The molecule has 1 heterocycles. The van der Waals surface area contributed by atoms with E-state index < -0.39 is 0 Å². The summed E-state index contributed by atoms with van der Waals surface area (Å²) in [7, 11) is 0. The van der Waals surface area contributed by atoms with Crippen LogP contribution in [0.2, 0.25) is 0 Å². The second-order valence-electron chi connectivity index (χ2n) is 6.57. The molecule has 0 spiro atoms. The number of carbonyl (C=O) groups excluding carboxylic acids is 1. The summed E-state index contributed by atoms with van der Waals surface area (Å²) in [6.07, 6.45) is 3.68. The maximum absolute atomic E-state index is 12.7. The average molecular weight is 383 g/mol. The number of rotatable bonds is 7. The summed E-state index contributed by atoms with van der Waals surface area (Å²) in [6.45, 7) is 0.735. The standard InChI is InChI=1S/C24H21N3O2/c28-24(25-15-19-16-26-27(17-19)21-10-3-1-4-11-21)23-14-8-7-9-20(23)18-29-22-12-5-2-6-13-22/h1-14,16-17H,15,18H2,(H,25,28). The van der Waals surface area contributed by atoms with Gasteiger partial charge < -0.3 is 10.1 Å². The molecule has 5 heteroatoms. The van der Waals surface area contributed by atoms with Crippen LogP contribution in [0.3, 0.4) is 0 Å². The Morgan fingerprint density at radius 3 is 2.38 bits per heavy atom. The van der Waals surface area contributed by atoms with Gasteiger partial charge in [0.1, 0.15) is 12.4 Å². The third-order valence-electron chi connectivity index (χ3n) is 4.51. The lowest BCUT2D eigenvalue weighted by atomic mass is 10.1. The second kappa shape index (κ2) is 8.89. The van der Waals surface area contributed by atoms with E-state index in [9.17, 15) is 4.79 Å². The van der Waals surface area contributed by atoms with Crippen molar-refractivity contribution in [1.82, 2.24) is 15.1 Å². The van der Waals surface area contributed by atoms with Crippen molar-refractivity contribution < 1.29 is 9.53 Å². The largest absolute Gasteiger partial charge is 0.489 e. The van der Waals surface area contributed by atoms with Crippen molar-refractivity contribution in [3.05, 3.63) is 114 Å². The van der Waals surface area contributed by atoms with Crippen LogP contribution in [-0.2, 0) is 13.2 Å². The maximum Gasteiger partial charge on any atom is 0.251 e. The Balaban J connectivity index is 1.39. The molecule has 3 aromatic carbocycles. The van der Waals surface area contributed by atoms with Crippen LogP contribution < -0.4 is 10.1 Å². The zero-order valence-electron chi connectivity index (χ0n) is 15.9. The topological polar surface area (TPSA) is 56.2 Å². The third kappa shape index (κ3) is 4.71. The Kier molecular flexibility index (Phi) is 5.67. The zero-order chi connectivity index (χ0) is 19.9. The predicted molar refractivity (Wildman–Crippen MR) is 112 cm³/mol. The van der Waals surface area contributed by atoms with E-state index >= 15 is 0 Å². The summed E-state index contributed by atoms with van der Waals surface area (Å²) in [5.74, 6) is 0.640. The van der Waals surface area contributed by atoms with Gasteiger partial charge in [0.25, 0.3) is 5.91 Å². The van der Waals surface area contributed by atoms with Crippen LogP contribution in [0.4, 0.5) is 0 Å². The normalized spacial score (nSPS) is 10.5. The predicted octanol–water partition coefficient (Wildman–Crippen LogP) is 4.38. The minimum atomic E-state index is -0.135. The molecular weight excluding hydrogens is 362 g/mol. The highest BCUT2D eigenvalue weighted by atomic mass is 16.5. The van der Waals surface area contributed by atoms with Gasteiger partial charge in [0.2, 0.25) is 0 Å². The number of hydrogen-bond acceptors (Lipinski definition) is 3. The van der Waals surface area contributed by atoms with Gasteiger partial charge in [0.05, 0.1) is 11.9 Å². The molecule has 0 aliphatic carbocycles. The van der Waals surface area contributed by atoms with E-state index in [-0.39, 0.29) is 5.91 Å². The lowest BCUT2D eigenvalue weighted by Gasteiger charge is -2.11. The fraction of sp³-hybridized carbons (Fsp3) is 0.0833. The maximum atomic E-state index is 12.7. The minimum absolute atomic E-state index is 0.135. The molecule has 0 saturated heterocycles. The molecule has 0 fully saturated rings. The van der Waals surface area contributed by atoms with Crippen molar-refractivity contribution in [1.29, 1.82) is 0 Å². The van der Waals surface area contributed by atoms with Gasteiger partial charge in [-0.25, -0.2) is 4.68 Å². The van der Waals surface area contributed by atoms with Gasteiger partial charge in [-0.05, 0) is 30.3 Å². The number of ether oxygens (including phenoxy) is 1. The van der Waals surface area contributed by atoms with E-state index in [1.807, 2.05) is 91.1 Å². The van der Waals surface area contributed by atoms with Crippen LogP contribution in [-0.4, -0.2) is 15.7 Å². The molecule has 4 rings (SSSR count). The Morgan fingerprint density at radius 2 is 1.59 bits per heavy atom. The number of aromatic nitrogens is 2. The van der Waals surface area contributed by atoms with E-state index in [0.717, 1.165) is 22.6 Å². The van der Waals surface area contributed by atoms with E-state index in [1.165, 1.54) is 0 Å². The van der Waals surface area contributed by atoms with E-state index in [0.29, 0.717) is 18.7 Å². The van der Waals surface area contributed by atoms with Gasteiger partial charge in [0, 0.05) is 29.4 Å². The first kappa shape index (κ1) is 18.5. The van der Waals surface area contributed by atoms with Gasteiger partial charge in [-0.1, -0.05) is 54.6 Å². The van der Waals surface area contributed by atoms with Crippen LogP contribution in [0.1, 0.15) is 21.5 Å². The summed E-state index contributed by atoms with van der Waals surface area (Å²) < 4.78 is 7.60. The van der Waals surface area contributed by atoms with Crippen molar-refractivity contribution in [2.45, 2.75) is 13.2 Å². The van der Waals surface area contributed by atoms with Gasteiger partial charge in [-0.15, -0.1) is 0 Å². The molecule has 1 amide bonds. The summed E-state index contributed by atoms with van der Waals surface area (Å²) in [4.78, 5) is 12.7. The van der Waals surface area contributed by atoms with Crippen molar-refractivity contribution in [2.75, 3.05) is 0 Å². The molecule has 0 atom stereocenters. The summed E-state index contributed by atoms with van der Waals surface area (Å²) >= 11 is 0. The number of hydrogen-bond donors (Lipinski definition) is 1. The molecular formula is C24H21N3O2. The fourth-order valence-corrected chi connectivity index (χ4v) is 3.00. The number of carbonyl (C=O) groups is 1. The highest BCUT2D eigenvalue weighted by molar-refractivity contribution is 5.95. The monoisotopic (exact) mass is 383 g/mol. The minimum Gasteiger partial charge on any atom is -0.489 e. The van der Waals surface area contributed by atoms with Crippen molar-refractivity contribution in [3.8, 4) is 11.4 Å².